The standard InChI is InChI=1S/C23H22O4/c1-26-19-9-3-16(4-10-19)7-14-22(24)21-13-8-18(23(21)25)15-17-5-11-20(27-2)12-6-17/h3-7,9-12,14-15,25H,8,13H2,1-2H3/b14-7+,18-15+. The molecule has 0 amide bonds. The number of ketones is 1. The third-order valence-corrected chi connectivity index (χ3v) is 4.53. The quantitative estimate of drug-likeness (QED) is 0.737. The monoisotopic (exact) mass is 362 g/mol. The Morgan fingerprint density at radius 2 is 1.44 bits per heavy atom. The van der Waals surface area contributed by atoms with Crippen molar-refractivity contribution in [1.29, 1.82) is 0 Å². The number of rotatable bonds is 6. The molecule has 0 saturated carbocycles. The fourth-order valence-electron chi connectivity index (χ4n) is 2.96. The lowest BCUT2D eigenvalue weighted by atomic mass is 10.1. The first kappa shape index (κ1) is 18.5. The molecule has 4 heteroatoms. The Bertz CT molecular complexity index is 900. The fourth-order valence-corrected chi connectivity index (χ4v) is 2.96. The lowest BCUT2D eigenvalue weighted by Gasteiger charge is -2.02. The molecule has 4 nitrogen and oxygen atoms in total. The van der Waals surface area contributed by atoms with E-state index in [4.69, 9.17) is 9.47 Å². The predicted octanol–water partition coefficient (Wildman–Crippen LogP) is 4.98. The highest BCUT2D eigenvalue weighted by Crippen LogP contribution is 2.32. The molecule has 0 spiro atoms. The van der Waals surface area contributed by atoms with Crippen LogP contribution in [0.2, 0.25) is 0 Å². The molecular weight excluding hydrogens is 340 g/mol. The van der Waals surface area contributed by atoms with Gasteiger partial charge in [0.15, 0.2) is 5.78 Å². The van der Waals surface area contributed by atoms with Gasteiger partial charge in [0.1, 0.15) is 17.3 Å². The van der Waals surface area contributed by atoms with Crippen molar-refractivity contribution >= 4 is 17.9 Å². The average Bonchev–Trinajstić information content (AvgIpc) is 3.07. The van der Waals surface area contributed by atoms with E-state index in [-0.39, 0.29) is 11.5 Å². The van der Waals surface area contributed by atoms with E-state index in [9.17, 15) is 9.90 Å². The minimum atomic E-state index is -0.165. The van der Waals surface area contributed by atoms with Gasteiger partial charge < -0.3 is 14.6 Å². The molecule has 0 bridgehead atoms. The van der Waals surface area contributed by atoms with Gasteiger partial charge in [0.2, 0.25) is 0 Å². The van der Waals surface area contributed by atoms with Crippen LogP contribution in [-0.4, -0.2) is 25.1 Å². The third-order valence-electron chi connectivity index (χ3n) is 4.53. The first-order valence-electron chi connectivity index (χ1n) is 8.74. The molecule has 0 aliphatic heterocycles. The summed E-state index contributed by atoms with van der Waals surface area (Å²) >= 11 is 0. The van der Waals surface area contributed by atoms with Crippen LogP contribution in [0.5, 0.6) is 11.5 Å². The Balaban J connectivity index is 1.74. The molecule has 0 heterocycles. The van der Waals surface area contributed by atoms with Gasteiger partial charge in [-0.05, 0) is 66.0 Å². The Labute approximate surface area is 159 Å². The molecule has 0 aromatic heterocycles. The maximum atomic E-state index is 12.5. The molecule has 0 unspecified atom stereocenters. The van der Waals surface area contributed by atoms with Crippen LogP contribution in [-0.2, 0) is 4.79 Å². The second kappa shape index (κ2) is 8.41. The summed E-state index contributed by atoms with van der Waals surface area (Å²) in [5, 5.41) is 10.5. The van der Waals surface area contributed by atoms with Gasteiger partial charge in [0.05, 0.1) is 14.2 Å². The SMILES string of the molecule is COc1ccc(/C=C/C(=O)C2=C(O)/C(=C/c3ccc(OC)cc3)CC2)cc1. The molecule has 1 N–H and O–H groups in total. The van der Waals surface area contributed by atoms with E-state index in [1.807, 2.05) is 54.6 Å². The summed E-state index contributed by atoms with van der Waals surface area (Å²) < 4.78 is 10.3. The van der Waals surface area contributed by atoms with Gasteiger partial charge in [-0.15, -0.1) is 0 Å². The van der Waals surface area contributed by atoms with Crippen molar-refractivity contribution in [3.05, 3.63) is 82.6 Å². The van der Waals surface area contributed by atoms with E-state index >= 15 is 0 Å². The van der Waals surface area contributed by atoms with Crippen molar-refractivity contribution in [3.8, 4) is 11.5 Å². The molecule has 2 aromatic rings. The van der Waals surface area contributed by atoms with E-state index in [1.165, 1.54) is 6.08 Å². The zero-order chi connectivity index (χ0) is 19.2. The van der Waals surface area contributed by atoms with Crippen LogP contribution in [0.3, 0.4) is 0 Å². The molecule has 0 fully saturated rings. The van der Waals surface area contributed by atoms with Crippen molar-refractivity contribution in [1.82, 2.24) is 0 Å². The van der Waals surface area contributed by atoms with Crippen LogP contribution in [0, 0.1) is 0 Å². The molecule has 0 atom stereocenters. The number of methoxy groups -OCH3 is 2. The van der Waals surface area contributed by atoms with Crippen LogP contribution in [0.1, 0.15) is 24.0 Å². The molecule has 2 aromatic carbocycles. The molecule has 0 saturated heterocycles. The van der Waals surface area contributed by atoms with Crippen molar-refractivity contribution in [2.24, 2.45) is 0 Å². The van der Waals surface area contributed by atoms with Gasteiger partial charge in [-0.1, -0.05) is 30.3 Å². The molecule has 1 aliphatic rings. The van der Waals surface area contributed by atoms with Crippen molar-refractivity contribution in [2.45, 2.75) is 12.8 Å². The van der Waals surface area contributed by atoms with Crippen molar-refractivity contribution in [2.75, 3.05) is 14.2 Å². The third kappa shape index (κ3) is 4.47. The summed E-state index contributed by atoms with van der Waals surface area (Å²) in [5.41, 5.74) is 3.09. The largest absolute Gasteiger partial charge is 0.507 e. The second-order valence-electron chi connectivity index (χ2n) is 6.24. The summed E-state index contributed by atoms with van der Waals surface area (Å²) in [6, 6.07) is 15.0. The number of aliphatic hydroxyl groups excluding tert-OH is 1. The summed E-state index contributed by atoms with van der Waals surface area (Å²) in [5.74, 6) is 1.47. The maximum Gasteiger partial charge on any atom is 0.185 e. The van der Waals surface area contributed by atoms with Crippen molar-refractivity contribution < 1.29 is 19.4 Å². The van der Waals surface area contributed by atoms with Gasteiger partial charge >= 0.3 is 0 Å². The molecule has 1 aliphatic carbocycles. The topological polar surface area (TPSA) is 55.8 Å². The van der Waals surface area contributed by atoms with E-state index in [0.717, 1.165) is 28.2 Å². The number of carbonyl (C=O) groups excluding carboxylic acids is 1. The molecule has 0 radical (unpaired) electrons. The summed E-state index contributed by atoms with van der Waals surface area (Å²) in [7, 11) is 3.23. The number of aliphatic hydroxyl groups is 1. The number of carbonyl (C=O) groups is 1. The van der Waals surface area contributed by atoms with Gasteiger partial charge in [0.25, 0.3) is 0 Å². The zero-order valence-electron chi connectivity index (χ0n) is 15.4. The lowest BCUT2D eigenvalue weighted by molar-refractivity contribution is -0.111. The normalized spacial score (nSPS) is 15.6. The zero-order valence-corrected chi connectivity index (χ0v) is 15.4. The first-order valence-corrected chi connectivity index (χ1v) is 8.74. The summed E-state index contributed by atoms with van der Waals surface area (Å²) in [4.78, 5) is 12.5. The van der Waals surface area contributed by atoms with Crippen LogP contribution in [0.4, 0.5) is 0 Å². The number of ether oxygens (including phenoxy) is 2. The predicted molar refractivity (Wildman–Crippen MR) is 107 cm³/mol. The van der Waals surface area contributed by atoms with Crippen molar-refractivity contribution in [3.63, 3.8) is 0 Å². The lowest BCUT2D eigenvalue weighted by Crippen LogP contribution is -1.98. The highest BCUT2D eigenvalue weighted by atomic mass is 16.5. The molecular formula is C23H22O4. The van der Waals surface area contributed by atoms with E-state index in [2.05, 4.69) is 0 Å². The number of hydrogen-bond donors (Lipinski definition) is 1. The van der Waals surface area contributed by atoms with Crippen LogP contribution in [0.25, 0.3) is 12.2 Å². The number of allylic oxidation sites excluding steroid dienone is 3. The molecule has 138 valence electrons. The Morgan fingerprint density at radius 1 is 0.889 bits per heavy atom. The van der Waals surface area contributed by atoms with E-state index in [0.29, 0.717) is 18.4 Å². The van der Waals surface area contributed by atoms with E-state index in [1.54, 1.807) is 20.3 Å². The number of hydrogen-bond acceptors (Lipinski definition) is 4. The first-order chi connectivity index (χ1) is 13.1. The fraction of sp³-hybridized carbons (Fsp3) is 0.174. The van der Waals surface area contributed by atoms with Gasteiger partial charge in [-0.2, -0.15) is 0 Å². The van der Waals surface area contributed by atoms with Crippen LogP contribution >= 0.6 is 0 Å². The Kier molecular flexibility index (Phi) is 5.77. The van der Waals surface area contributed by atoms with Crippen LogP contribution in [0.15, 0.2) is 71.5 Å². The Hall–Kier alpha value is -3.27. The minimum absolute atomic E-state index is 0.0928. The second-order valence-corrected chi connectivity index (χ2v) is 6.24. The highest BCUT2D eigenvalue weighted by Gasteiger charge is 2.23. The van der Waals surface area contributed by atoms with Gasteiger partial charge in [-0.3, -0.25) is 4.79 Å². The Morgan fingerprint density at radius 3 is 2.00 bits per heavy atom. The maximum absolute atomic E-state index is 12.5. The van der Waals surface area contributed by atoms with Crippen LogP contribution < -0.4 is 9.47 Å². The molecule has 3 rings (SSSR count). The van der Waals surface area contributed by atoms with Gasteiger partial charge in [-0.25, -0.2) is 0 Å². The van der Waals surface area contributed by atoms with E-state index < -0.39 is 0 Å². The highest BCUT2D eigenvalue weighted by molar-refractivity contribution is 6.07. The average molecular weight is 362 g/mol. The minimum Gasteiger partial charge on any atom is -0.507 e. The number of benzene rings is 2. The summed E-state index contributed by atoms with van der Waals surface area (Å²) in [6.07, 6.45) is 6.34. The molecule has 27 heavy (non-hydrogen) atoms. The van der Waals surface area contributed by atoms with Gasteiger partial charge in [0, 0.05) is 5.57 Å². The smallest absolute Gasteiger partial charge is 0.185 e. The summed E-state index contributed by atoms with van der Waals surface area (Å²) in [6.45, 7) is 0.